The van der Waals surface area contributed by atoms with Gasteiger partial charge in [0.25, 0.3) is 11.6 Å². The van der Waals surface area contributed by atoms with Gasteiger partial charge in [-0.2, -0.15) is 0 Å². The SMILES string of the molecule is O=C(Nc1ccc(N2CCN(C(=O)Oc3ccc([N+](=O)[O-])cc3)CC2)c(F)c1)N1CCN(C(=O)c2cccc(F)c2)CC1. The summed E-state index contributed by atoms with van der Waals surface area (Å²) in [5.74, 6) is -1.16. The van der Waals surface area contributed by atoms with E-state index in [1.54, 1.807) is 28.0 Å². The van der Waals surface area contributed by atoms with Crippen LogP contribution in [-0.2, 0) is 0 Å². The highest BCUT2D eigenvalue weighted by molar-refractivity contribution is 5.94. The van der Waals surface area contributed by atoms with Crippen LogP contribution in [0.15, 0.2) is 66.7 Å². The van der Waals surface area contributed by atoms with Crippen molar-refractivity contribution < 1.29 is 32.8 Å². The Hall–Kier alpha value is -5.27. The van der Waals surface area contributed by atoms with Gasteiger partial charge in [0.1, 0.15) is 17.4 Å². The van der Waals surface area contributed by atoms with Crippen molar-refractivity contribution in [2.45, 2.75) is 0 Å². The smallest absolute Gasteiger partial charge is 0.410 e. The molecule has 2 aliphatic heterocycles. The summed E-state index contributed by atoms with van der Waals surface area (Å²) in [5.41, 5.74) is 0.730. The van der Waals surface area contributed by atoms with Crippen LogP contribution in [-0.4, -0.2) is 90.0 Å². The first-order chi connectivity index (χ1) is 20.7. The first-order valence-corrected chi connectivity index (χ1v) is 13.5. The summed E-state index contributed by atoms with van der Waals surface area (Å²) in [7, 11) is 0. The molecule has 0 aromatic heterocycles. The molecule has 4 amide bonds. The zero-order valence-corrected chi connectivity index (χ0v) is 22.9. The molecule has 2 fully saturated rings. The minimum Gasteiger partial charge on any atom is -0.410 e. The normalized spacial score (nSPS) is 15.2. The van der Waals surface area contributed by atoms with Crippen molar-refractivity contribution in [3.05, 3.63) is 94.0 Å². The van der Waals surface area contributed by atoms with E-state index in [-0.39, 0.29) is 67.9 Å². The summed E-state index contributed by atoms with van der Waals surface area (Å²) < 4.78 is 33.8. The number of halogens is 2. The van der Waals surface area contributed by atoms with Crippen LogP contribution in [0.2, 0.25) is 0 Å². The molecule has 0 bridgehead atoms. The molecule has 14 heteroatoms. The third kappa shape index (κ3) is 6.97. The van der Waals surface area contributed by atoms with Crippen molar-refractivity contribution in [2.75, 3.05) is 62.6 Å². The van der Waals surface area contributed by atoms with Crippen LogP contribution in [0.1, 0.15) is 10.4 Å². The van der Waals surface area contributed by atoms with E-state index in [2.05, 4.69) is 5.32 Å². The molecule has 2 saturated heterocycles. The van der Waals surface area contributed by atoms with Crippen LogP contribution in [0.3, 0.4) is 0 Å². The molecule has 3 aromatic rings. The number of benzene rings is 3. The van der Waals surface area contributed by atoms with E-state index in [1.807, 2.05) is 0 Å². The van der Waals surface area contributed by atoms with Gasteiger partial charge in [-0.3, -0.25) is 14.9 Å². The second-order valence-electron chi connectivity index (χ2n) is 9.98. The van der Waals surface area contributed by atoms with E-state index in [1.165, 1.54) is 58.3 Å². The Morgan fingerprint density at radius 3 is 2.07 bits per heavy atom. The van der Waals surface area contributed by atoms with Crippen LogP contribution in [0.4, 0.5) is 35.4 Å². The van der Waals surface area contributed by atoms with E-state index >= 15 is 4.39 Å². The van der Waals surface area contributed by atoms with E-state index < -0.39 is 28.7 Å². The lowest BCUT2D eigenvalue weighted by molar-refractivity contribution is -0.384. The minimum absolute atomic E-state index is 0.115. The van der Waals surface area contributed by atoms with Crippen LogP contribution in [0.25, 0.3) is 0 Å². The van der Waals surface area contributed by atoms with Gasteiger partial charge in [0.15, 0.2) is 0 Å². The molecule has 0 radical (unpaired) electrons. The number of urea groups is 1. The van der Waals surface area contributed by atoms with Crippen molar-refractivity contribution in [1.29, 1.82) is 0 Å². The number of rotatable bonds is 5. The van der Waals surface area contributed by atoms with E-state index in [0.29, 0.717) is 18.8 Å². The van der Waals surface area contributed by atoms with E-state index in [0.717, 1.165) is 0 Å². The fourth-order valence-corrected chi connectivity index (χ4v) is 4.89. The lowest BCUT2D eigenvalue weighted by Crippen LogP contribution is -2.51. The number of nitrogens with one attached hydrogen (secondary N) is 1. The topological polar surface area (TPSA) is 129 Å². The number of piperazine rings is 2. The third-order valence-electron chi connectivity index (χ3n) is 7.26. The molecule has 1 N–H and O–H groups in total. The van der Waals surface area contributed by atoms with Gasteiger partial charge in [0.2, 0.25) is 0 Å². The lowest BCUT2D eigenvalue weighted by Gasteiger charge is -2.36. The highest BCUT2D eigenvalue weighted by Crippen LogP contribution is 2.25. The molecule has 2 heterocycles. The van der Waals surface area contributed by atoms with Gasteiger partial charge < -0.3 is 29.7 Å². The molecule has 5 rings (SSSR count). The van der Waals surface area contributed by atoms with Crippen molar-refractivity contribution >= 4 is 35.1 Å². The number of nitrogens with zero attached hydrogens (tertiary/aromatic N) is 5. The monoisotopic (exact) mass is 594 g/mol. The number of nitro benzene ring substituents is 1. The Morgan fingerprint density at radius 2 is 1.44 bits per heavy atom. The number of non-ortho nitro benzene ring substituents is 1. The summed E-state index contributed by atoms with van der Waals surface area (Å²) in [6, 6.07) is 14.6. The van der Waals surface area contributed by atoms with Gasteiger partial charge in [-0.25, -0.2) is 18.4 Å². The first-order valence-electron chi connectivity index (χ1n) is 13.5. The molecule has 43 heavy (non-hydrogen) atoms. The largest absolute Gasteiger partial charge is 0.415 e. The molecule has 0 aliphatic carbocycles. The van der Waals surface area contributed by atoms with Gasteiger partial charge in [-0.05, 0) is 48.5 Å². The predicted octanol–water partition coefficient (Wildman–Crippen LogP) is 4.18. The molecule has 0 unspecified atom stereocenters. The summed E-state index contributed by atoms with van der Waals surface area (Å²) >= 11 is 0. The van der Waals surface area contributed by atoms with Crippen molar-refractivity contribution in [3.8, 4) is 5.75 Å². The molecule has 0 spiro atoms. The Labute approximate surface area is 245 Å². The zero-order valence-electron chi connectivity index (χ0n) is 22.9. The molecule has 3 aromatic carbocycles. The summed E-state index contributed by atoms with van der Waals surface area (Å²) in [4.78, 5) is 54.5. The van der Waals surface area contributed by atoms with Crippen LogP contribution < -0.4 is 15.0 Å². The Bertz CT molecular complexity index is 1520. The number of carbonyl (C=O) groups excluding carboxylic acids is 3. The maximum absolute atomic E-state index is 15.1. The second-order valence-corrected chi connectivity index (χ2v) is 9.98. The fourth-order valence-electron chi connectivity index (χ4n) is 4.89. The minimum atomic E-state index is -0.605. The number of amides is 4. The van der Waals surface area contributed by atoms with E-state index in [4.69, 9.17) is 4.74 Å². The Balaban J connectivity index is 1.09. The molecular formula is C29H28F2N6O6. The number of hydrogen-bond donors (Lipinski definition) is 1. The van der Waals surface area contributed by atoms with Gasteiger partial charge >= 0.3 is 12.1 Å². The van der Waals surface area contributed by atoms with Crippen LogP contribution in [0.5, 0.6) is 5.75 Å². The molecule has 0 saturated carbocycles. The fraction of sp³-hybridized carbons (Fsp3) is 0.276. The molecule has 0 atom stereocenters. The highest BCUT2D eigenvalue weighted by atomic mass is 19.1. The number of anilines is 2. The van der Waals surface area contributed by atoms with Crippen molar-refractivity contribution in [1.82, 2.24) is 14.7 Å². The van der Waals surface area contributed by atoms with Gasteiger partial charge in [-0.15, -0.1) is 0 Å². The number of carbonyl (C=O) groups is 3. The highest BCUT2D eigenvalue weighted by Gasteiger charge is 2.27. The Morgan fingerprint density at radius 1 is 0.791 bits per heavy atom. The van der Waals surface area contributed by atoms with Crippen LogP contribution in [0, 0.1) is 21.7 Å². The maximum atomic E-state index is 15.1. The molecule has 2 aliphatic rings. The van der Waals surface area contributed by atoms with E-state index in [9.17, 15) is 28.9 Å². The summed E-state index contributed by atoms with van der Waals surface area (Å²) in [5, 5.41) is 13.5. The number of ether oxygens (including phenoxy) is 1. The quantitative estimate of drug-likeness (QED) is 0.347. The number of nitro groups is 1. The average Bonchev–Trinajstić information content (AvgIpc) is 3.01. The predicted molar refractivity (Wildman–Crippen MR) is 152 cm³/mol. The van der Waals surface area contributed by atoms with Gasteiger partial charge in [-0.1, -0.05) is 6.07 Å². The summed E-state index contributed by atoms with van der Waals surface area (Å²) in [6.45, 7) is 2.34. The van der Waals surface area contributed by atoms with Crippen molar-refractivity contribution in [2.24, 2.45) is 0 Å². The maximum Gasteiger partial charge on any atom is 0.415 e. The zero-order chi connectivity index (χ0) is 30.5. The molecular weight excluding hydrogens is 566 g/mol. The molecule has 224 valence electrons. The summed E-state index contributed by atoms with van der Waals surface area (Å²) in [6.07, 6.45) is -0.605. The Kier molecular flexibility index (Phi) is 8.64. The number of hydrogen-bond acceptors (Lipinski definition) is 7. The first kappa shape index (κ1) is 29.2. The van der Waals surface area contributed by atoms with Crippen molar-refractivity contribution in [3.63, 3.8) is 0 Å². The standard InChI is InChI=1S/C29H28F2N6O6/c30-21-3-1-2-20(18-21)27(38)34-12-14-35(15-13-34)28(39)32-22-4-9-26(25(31)19-22)33-10-16-36(17-11-33)29(40)43-24-7-5-23(6-8-24)37(41)42/h1-9,18-19H,10-17H2,(H,32,39). The second kappa shape index (κ2) is 12.7. The molecule has 12 nitrogen and oxygen atoms in total. The average molecular weight is 595 g/mol. The lowest BCUT2D eigenvalue weighted by atomic mass is 10.2. The third-order valence-corrected chi connectivity index (χ3v) is 7.26. The van der Waals surface area contributed by atoms with Gasteiger partial charge in [0, 0.05) is 75.7 Å². The van der Waals surface area contributed by atoms with Gasteiger partial charge in [0.05, 0.1) is 10.6 Å². The van der Waals surface area contributed by atoms with Crippen LogP contribution >= 0.6 is 0 Å².